The summed E-state index contributed by atoms with van der Waals surface area (Å²) in [4.78, 5) is 30.4. The number of amides is 1. The Balaban J connectivity index is 1.38. The number of nitrogens with zero attached hydrogens (tertiary/aromatic N) is 4. The second-order valence-electron chi connectivity index (χ2n) is 7.63. The van der Waals surface area contributed by atoms with Gasteiger partial charge < -0.3 is 15.6 Å². The van der Waals surface area contributed by atoms with Crippen molar-refractivity contribution in [3.05, 3.63) is 53.5 Å². The number of fused-ring (bicyclic) bond motifs is 2. The van der Waals surface area contributed by atoms with Crippen LogP contribution in [0.15, 0.2) is 41.8 Å². The molecule has 1 amide bonds. The molecule has 5 rings (SSSR count). The van der Waals surface area contributed by atoms with Crippen LogP contribution in [0, 0.1) is 0 Å². The summed E-state index contributed by atoms with van der Waals surface area (Å²) in [6, 6.07) is 6.37. The summed E-state index contributed by atoms with van der Waals surface area (Å²) in [7, 11) is 0. The average molecular weight is 408 g/mol. The van der Waals surface area contributed by atoms with Crippen molar-refractivity contribution in [2.45, 2.75) is 30.8 Å². The maximum atomic E-state index is 12.8. The van der Waals surface area contributed by atoms with Crippen LogP contribution in [0.1, 0.15) is 35.3 Å². The van der Waals surface area contributed by atoms with E-state index in [0.29, 0.717) is 28.4 Å². The summed E-state index contributed by atoms with van der Waals surface area (Å²) in [5.41, 5.74) is 4.06. The number of aromatic nitrogens is 4. The zero-order chi connectivity index (χ0) is 20.0. The van der Waals surface area contributed by atoms with E-state index in [9.17, 15) is 4.79 Å². The van der Waals surface area contributed by atoms with Gasteiger partial charge >= 0.3 is 0 Å². The van der Waals surface area contributed by atoms with Gasteiger partial charge in [-0.15, -0.1) is 0 Å². The molecule has 3 aromatic rings. The maximum absolute atomic E-state index is 12.8. The third-order valence-electron chi connectivity index (χ3n) is 5.30. The molecule has 0 saturated heterocycles. The quantitative estimate of drug-likeness (QED) is 0.574. The van der Waals surface area contributed by atoms with Gasteiger partial charge in [0.1, 0.15) is 5.03 Å². The van der Waals surface area contributed by atoms with Gasteiger partial charge in [0.05, 0.1) is 11.4 Å². The van der Waals surface area contributed by atoms with Gasteiger partial charge in [-0.1, -0.05) is 17.8 Å². The van der Waals surface area contributed by atoms with E-state index in [4.69, 9.17) is 0 Å². The Morgan fingerprint density at radius 2 is 2.17 bits per heavy atom. The van der Waals surface area contributed by atoms with Crippen molar-refractivity contribution in [1.29, 1.82) is 0 Å². The number of carbonyl (C=O) groups excluding carboxylic acids is 1. The summed E-state index contributed by atoms with van der Waals surface area (Å²) < 4.78 is 0. The number of hydrogen-bond donors (Lipinski definition) is 3. The van der Waals surface area contributed by atoms with Crippen molar-refractivity contribution in [3.63, 3.8) is 0 Å². The van der Waals surface area contributed by atoms with Crippen LogP contribution in [-0.4, -0.2) is 38.3 Å². The number of H-pyrrole nitrogens is 1. The third-order valence-corrected chi connectivity index (χ3v) is 6.27. The second kappa shape index (κ2) is 6.85. The topological polar surface area (TPSA) is 98.8 Å². The normalized spacial score (nSPS) is 17.6. The summed E-state index contributed by atoms with van der Waals surface area (Å²) in [6.45, 7) is 5.36. The van der Waals surface area contributed by atoms with Gasteiger partial charge in [0, 0.05) is 29.8 Å². The number of imidazole rings is 1. The fourth-order valence-corrected chi connectivity index (χ4v) is 4.73. The number of carbonyl (C=O) groups is 1. The lowest BCUT2D eigenvalue weighted by Crippen LogP contribution is -2.42. The lowest BCUT2D eigenvalue weighted by molar-refractivity contribution is 0.0984. The molecule has 148 valence electrons. The first-order valence-electron chi connectivity index (χ1n) is 9.48. The van der Waals surface area contributed by atoms with E-state index >= 15 is 0 Å². The highest BCUT2D eigenvalue weighted by Gasteiger charge is 2.30. The van der Waals surface area contributed by atoms with Crippen LogP contribution in [0.3, 0.4) is 0 Å². The van der Waals surface area contributed by atoms with Crippen molar-refractivity contribution >= 4 is 35.3 Å². The van der Waals surface area contributed by atoms with Crippen LogP contribution in [0.25, 0.3) is 0 Å². The SMILES string of the molecule is CC1(C)NCCc2cc(Nc3ncc4c(n3)SCN(c3ncc[nH]3)C4=O)ccc21. The first kappa shape index (κ1) is 18.1. The first-order valence-corrected chi connectivity index (χ1v) is 10.5. The zero-order valence-corrected chi connectivity index (χ0v) is 17.0. The molecule has 0 spiro atoms. The van der Waals surface area contributed by atoms with Gasteiger partial charge in [0.2, 0.25) is 11.9 Å². The molecule has 2 aliphatic rings. The van der Waals surface area contributed by atoms with Crippen molar-refractivity contribution in [3.8, 4) is 0 Å². The monoisotopic (exact) mass is 407 g/mol. The molecular formula is C20H21N7OS. The fourth-order valence-electron chi connectivity index (χ4n) is 3.80. The number of thioether (sulfide) groups is 1. The van der Waals surface area contributed by atoms with E-state index in [1.54, 1.807) is 23.5 Å². The first-order chi connectivity index (χ1) is 14.0. The number of benzene rings is 1. The molecule has 4 heterocycles. The molecule has 0 saturated carbocycles. The summed E-state index contributed by atoms with van der Waals surface area (Å²) in [5, 5.41) is 7.51. The van der Waals surface area contributed by atoms with Gasteiger partial charge in [-0.3, -0.25) is 9.69 Å². The Labute approximate surface area is 172 Å². The predicted molar refractivity (Wildman–Crippen MR) is 113 cm³/mol. The molecule has 8 nitrogen and oxygen atoms in total. The Morgan fingerprint density at radius 1 is 1.28 bits per heavy atom. The van der Waals surface area contributed by atoms with E-state index in [0.717, 1.165) is 18.7 Å². The molecule has 0 unspecified atom stereocenters. The van der Waals surface area contributed by atoms with Crippen molar-refractivity contribution in [2.24, 2.45) is 0 Å². The minimum atomic E-state index is -0.149. The van der Waals surface area contributed by atoms with Gasteiger partial charge in [-0.25, -0.2) is 15.0 Å². The van der Waals surface area contributed by atoms with Crippen LogP contribution >= 0.6 is 11.8 Å². The molecule has 0 aliphatic carbocycles. The van der Waals surface area contributed by atoms with E-state index in [2.05, 4.69) is 56.5 Å². The van der Waals surface area contributed by atoms with E-state index in [-0.39, 0.29) is 11.4 Å². The summed E-state index contributed by atoms with van der Waals surface area (Å²) >= 11 is 1.49. The summed E-state index contributed by atoms with van der Waals surface area (Å²) in [5.74, 6) is 1.32. The molecule has 29 heavy (non-hydrogen) atoms. The molecular weight excluding hydrogens is 386 g/mol. The van der Waals surface area contributed by atoms with E-state index in [1.807, 2.05) is 6.07 Å². The number of hydrogen-bond acceptors (Lipinski definition) is 7. The minimum Gasteiger partial charge on any atom is -0.331 e. The molecule has 0 bridgehead atoms. The largest absolute Gasteiger partial charge is 0.331 e. The Kier molecular flexibility index (Phi) is 4.29. The molecule has 1 aromatic carbocycles. The number of anilines is 3. The van der Waals surface area contributed by atoms with Gasteiger partial charge in [0.15, 0.2) is 0 Å². The molecule has 0 atom stereocenters. The van der Waals surface area contributed by atoms with Gasteiger partial charge in [-0.2, -0.15) is 0 Å². The maximum Gasteiger partial charge on any atom is 0.265 e. The Morgan fingerprint density at radius 3 is 3.00 bits per heavy atom. The molecule has 2 aliphatic heterocycles. The smallest absolute Gasteiger partial charge is 0.265 e. The van der Waals surface area contributed by atoms with Crippen LogP contribution in [0.5, 0.6) is 0 Å². The van der Waals surface area contributed by atoms with Gasteiger partial charge in [0.25, 0.3) is 5.91 Å². The molecule has 0 fully saturated rings. The van der Waals surface area contributed by atoms with Crippen molar-refractivity contribution in [1.82, 2.24) is 25.3 Å². The molecule has 2 aromatic heterocycles. The molecule has 9 heteroatoms. The highest BCUT2D eigenvalue weighted by molar-refractivity contribution is 7.99. The highest BCUT2D eigenvalue weighted by Crippen LogP contribution is 2.33. The lowest BCUT2D eigenvalue weighted by atomic mass is 9.85. The van der Waals surface area contributed by atoms with E-state index < -0.39 is 0 Å². The minimum absolute atomic E-state index is 0.0225. The standard InChI is InChI=1S/C20H21N7OS/c1-20(2)15-4-3-13(9-12(15)5-6-24-20)25-18-23-10-14-16(26-18)29-11-27(17(14)28)19-21-7-8-22-19/h3-4,7-10,24H,5-6,11H2,1-2H3,(H,21,22)(H,23,25,26). The van der Waals surface area contributed by atoms with Crippen molar-refractivity contribution < 1.29 is 4.79 Å². The second-order valence-corrected chi connectivity index (χ2v) is 8.56. The predicted octanol–water partition coefficient (Wildman–Crippen LogP) is 3.03. The third kappa shape index (κ3) is 3.26. The van der Waals surface area contributed by atoms with Crippen molar-refractivity contribution in [2.75, 3.05) is 22.6 Å². The zero-order valence-electron chi connectivity index (χ0n) is 16.2. The van der Waals surface area contributed by atoms with Crippen LogP contribution in [-0.2, 0) is 12.0 Å². The summed E-state index contributed by atoms with van der Waals surface area (Å²) in [6.07, 6.45) is 5.90. The number of aromatic amines is 1. The Bertz CT molecular complexity index is 1080. The van der Waals surface area contributed by atoms with Crippen LogP contribution in [0.4, 0.5) is 17.6 Å². The van der Waals surface area contributed by atoms with Crippen LogP contribution in [0.2, 0.25) is 0 Å². The average Bonchev–Trinajstić information content (AvgIpc) is 3.22. The lowest BCUT2D eigenvalue weighted by Gasteiger charge is -2.34. The Hall–Kier alpha value is -2.91. The van der Waals surface area contributed by atoms with Crippen LogP contribution < -0.4 is 15.5 Å². The molecule has 3 N–H and O–H groups in total. The van der Waals surface area contributed by atoms with Gasteiger partial charge in [-0.05, 0) is 50.1 Å². The molecule has 0 radical (unpaired) electrons. The number of nitrogens with one attached hydrogen (secondary N) is 3. The number of rotatable bonds is 3. The van der Waals surface area contributed by atoms with E-state index in [1.165, 1.54) is 22.9 Å². The highest BCUT2D eigenvalue weighted by atomic mass is 32.2. The fraction of sp³-hybridized carbons (Fsp3) is 0.300.